The molecule has 120 valence electrons. The molecular weight excluding hydrogens is 290 g/mol. The number of benzene rings is 1. The van der Waals surface area contributed by atoms with Crippen molar-refractivity contribution in [2.45, 2.75) is 18.6 Å². The highest BCUT2D eigenvalue weighted by Gasteiger charge is 2.39. The first-order valence-corrected chi connectivity index (χ1v) is 6.87. The van der Waals surface area contributed by atoms with Crippen LogP contribution in [0.1, 0.15) is 6.42 Å². The molecule has 1 saturated heterocycles. The van der Waals surface area contributed by atoms with Crippen molar-refractivity contribution >= 4 is 11.9 Å². The van der Waals surface area contributed by atoms with Gasteiger partial charge in [0, 0.05) is 20.1 Å². The number of amides is 1. The zero-order valence-corrected chi connectivity index (χ0v) is 12.5. The molecule has 1 heterocycles. The van der Waals surface area contributed by atoms with Crippen LogP contribution in [0.2, 0.25) is 0 Å². The SMILES string of the molecule is COc1ccccc1OCC(=O)N1CC(OC)CC1C(=O)O. The van der Waals surface area contributed by atoms with Gasteiger partial charge in [0.25, 0.3) is 5.91 Å². The van der Waals surface area contributed by atoms with Crippen molar-refractivity contribution in [3.8, 4) is 11.5 Å². The molecule has 7 heteroatoms. The third-order valence-electron chi connectivity index (χ3n) is 3.62. The minimum Gasteiger partial charge on any atom is -0.493 e. The van der Waals surface area contributed by atoms with Gasteiger partial charge in [-0.05, 0) is 12.1 Å². The highest BCUT2D eigenvalue weighted by Crippen LogP contribution is 2.26. The molecule has 2 atom stereocenters. The van der Waals surface area contributed by atoms with E-state index in [0.717, 1.165) is 0 Å². The summed E-state index contributed by atoms with van der Waals surface area (Å²) >= 11 is 0. The molecule has 0 aliphatic carbocycles. The molecule has 1 amide bonds. The molecular formula is C15H19NO6. The lowest BCUT2D eigenvalue weighted by molar-refractivity contribution is -0.149. The highest BCUT2D eigenvalue weighted by molar-refractivity contribution is 5.85. The van der Waals surface area contributed by atoms with Crippen molar-refractivity contribution in [3.63, 3.8) is 0 Å². The number of carbonyl (C=O) groups excluding carboxylic acids is 1. The van der Waals surface area contributed by atoms with E-state index in [-0.39, 0.29) is 25.7 Å². The smallest absolute Gasteiger partial charge is 0.326 e. The molecule has 2 rings (SSSR count). The fourth-order valence-electron chi connectivity index (χ4n) is 2.44. The predicted molar refractivity (Wildman–Crippen MR) is 77.0 cm³/mol. The Morgan fingerprint density at radius 1 is 1.27 bits per heavy atom. The summed E-state index contributed by atoms with van der Waals surface area (Å²) < 4.78 is 15.7. The van der Waals surface area contributed by atoms with Crippen molar-refractivity contribution in [3.05, 3.63) is 24.3 Å². The summed E-state index contributed by atoms with van der Waals surface area (Å²) in [7, 11) is 3.01. The third-order valence-corrected chi connectivity index (χ3v) is 3.62. The Kier molecular flexibility index (Phi) is 5.21. The van der Waals surface area contributed by atoms with Gasteiger partial charge in [-0.15, -0.1) is 0 Å². The molecule has 1 aliphatic rings. The zero-order valence-electron chi connectivity index (χ0n) is 12.5. The molecule has 0 radical (unpaired) electrons. The Labute approximate surface area is 128 Å². The Balaban J connectivity index is 2.00. The molecule has 0 spiro atoms. The number of carboxylic acids is 1. The van der Waals surface area contributed by atoms with E-state index < -0.39 is 17.9 Å². The fraction of sp³-hybridized carbons (Fsp3) is 0.467. The minimum atomic E-state index is -1.04. The second-order valence-electron chi connectivity index (χ2n) is 4.93. The van der Waals surface area contributed by atoms with Gasteiger partial charge >= 0.3 is 5.97 Å². The summed E-state index contributed by atoms with van der Waals surface area (Å²) in [6, 6.07) is 6.08. The van der Waals surface area contributed by atoms with Gasteiger partial charge in [-0.1, -0.05) is 12.1 Å². The van der Waals surface area contributed by atoms with Crippen LogP contribution in [0.4, 0.5) is 0 Å². The Bertz CT molecular complexity index is 547. The summed E-state index contributed by atoms with van der Waals surface area (Å²) in [6.07, 6.45) is 0.0167. The maximum absolute atomic E-state index is 12.2. The summed E-state index contributed by atoms with van der Waals surface area (Å²) in [5.74, 6) is -0.475. The summed E-state index contributed by atoms with van der Waals surface area (Å²) in [4.78, 5) is 24.8. The molecule has 0 aromatic heterocycles. The molecule has 1 aliphatic heterocycles. The van der Waals surface area contributed by atoms with Crippen LogP contribution in [0.15, 0.2) is 24.3 Å². The van der Waals surface area contributed by atoms with Gasteiger partial charge in [0.1, 0.15) is 6.04 Å². The van der Waals surface area contributed by atoms with E-state index >= 15 is 0 Å². The van der Waals surface area contributed by atoms with Crippen molar-refractivity contribution in [2.75, 3.05) is 27.4 Å². The number of aliphatic carboxylic acids is 1. The maximum Gasteiger partial charge on any atom is 0.326 e. The number of ether oxygens (including phenoxy) is 3. The van der Waals surface area contributed by atoms with Gasteiger partial charge in [0.15, 0.2) is 18.1 Å². The van der Waals surface area contributed by atoms with Crippen LogP contribution in [0.3, 0.4) is 0 Å². The molecule has 0 saturated carbocycles. The number of carboxylic acid groups (broad SMARTS) is 1. The standard InChI is InChI=1S/C15H19NO6/c1-20-10-7-11(15(18)19)16(8-10)14(17)9-22-13-6-4-3-5-12(13)21-2/h3-6,10-11H,7-9H2,1-2H3,(H,18,19). The number of nitrogens with zero attached hydrogens (tertiary/aromatic N) is 1. The summed E-state index contributed by atoms with van der Waals surface area (Å²) in [5, 5.41) is 9.20. The van der Waals surface area contributed by atoms with E-state index in [2.05, 4.69) is 0 Å². The number of carbonyl (C=O) groups is 2. The average Bonchev–Trinajstić information content (AvgIpc) is 2.97. The molecule has 2 unspecified atom stereocenters. The second-order valence-corrected chi connectivity index (χ2v) is 4.93. The van der Waals surface area contributed by atoms with E-state index in [1.165, 1.54) is 19.1 Å². The van der Waals surface area contributed by atoms with Crippen LogP contribution in [0.25, 0.3) is 0 Å². The van der Waals surface area contributed by atoms with Crippen LogP contribution >= 0.6 is 0 Å². The van der Waals surface area contributed by atoms with Gasteiger partial charge in [-0.2, -0.15) is 0 Å². The third kappa shape index (κ3) is 3.48. The molecule has 1 aromatic carbocycles. The van der Waals surface area contributed by atoms with Gasteiger partial charge in [0.05, 0.1) is 13.2 Å². The lowest BCUT2D eigenvalue weighted by atomic mass is 10.2. The van der Waals surface area contributed by atoms with Gasteiger partial charge in [-0.3, -0.25) is 4.79 Å². The lowest BCUT2D eigenvalue weighted by Gasteiger charge is -2.21. The minimum absolute atomic E-state index is 0.249. The summed E-state index contributed by atoms with van der Waals surface area (Å²) in [6.45, 7) is 0.00215. The molecule has 1 aromatic rings. The fourth-order valence-corrected chi connectivity index (χ4v) is 2.44. The zero-order chi connectivity index (χ0) is 16.1. The Hall–Kier alpha value is -2.28. The predicted octanol–water partition coefficient (Wildman–Crippen LogP) is 0.775. The Morgan fingerprint density at radius 2 is 1.95 bits per heavy atom. The van der Waals surface area contributed by atoms with Crippen LogP contribution in [-0.2, 0) is 14.3 Å². The number of likely N-dealkylation sites (tertiary alicyclic amines) is 1. The quantitative estimate of drug-likeness (QED) is 0.835. The van der Waals surface area contributed by atoms with E-state index in [9.17, 15) is 14.7 Å². The number of hydrogen-bond donors (Lipinski definition) is 1. The van der Waals surface area contributed by atoms with Crippen molar-refractivity contribution in [1.82, 2.24) is 4.90 Å². The van der Waals surface area contributed by atoms with E-state index in [0.29, 0.717) is 11.5 Å². The number of methoxy groups -OCH3 is 2. The largest absolute Gasteiger partial charge is 0.493 e. The lowest BCUT2D eigenvalue weighted by Crippen LogP contribution is -2.43. The van der Waals surface area contributed by atoms with Gasteiger partial charge in [0.2, 0.25) is 0 Å². The molecule has 0 bridgehead atoms. The first-order chi connectivity index (χ1) is 10.6. The second kappa shape index (κ2) is 7.13. The molecule has 1 fully saturated rings. The van der Waals surface area contributed by atoms with E-state index in [4.69, 9.17) is 14.2 Å². The Morgan fingerprint density at radius 3 is 2.55 bits per heavy atom. The van der Waals surface area contributed by atoms with Crippen LogP contribution in [-0.4, -0.2) is 61.4 Å². The maximum atomic E-state index is 12.2. The van der Waals surface area contributed by atoms with Crippen LogP contribution in [0, 0.1) is 0 Å². The number of para-hydroxylation sites is 2. The van der Waals surface area contributed by atoms with Crippen LogP contribution < -0.4 is 9.47 Å². The molecule has 7 nitrogen and oxygen atoms in total. The van der Waals surface area contributed by atoms with Crippen molar-refractivity contribution in [1.29, 1.82) is 0 Å². The highest BCUT2D eigenvalue weighted by atomic mass is 16.5. The van der Waals surface area contributed by atoms with Gasteiger partial charge in [-0.25, -0.2) is 4.79 Å². The molecule has 22 heavy (non-hydrogen) atoms. The van der Waals surface area contributed by atoms with E-state index in [1.807, 2.05) is 0 Å². The number of rotatable bonds is 6. The number of hydrogen-bond acceptors (Lipinski definition) is 5. The average molecular weight is 309 g/mol. The van der Waals surface area contributed by atoms with Crippen LogP contribution in [0.5, 0.6) is 11.5 Å². The van der Waals surface area contributed by atoms with Crippen molar-refractivity contribution < 1.29 is 28.9 Å². The monoisotopic (exact) mass is 309 g/mol. The van der Waals surface area contributed by atoms with Crippen molar-refractivity contribution in [2.24, 2.45) is 0 Å². The van der Waals surface area contributed by atoms with Gasteiger partial charge < -0.3 is 24.2 Å². The molecule has 1 N–H and O–H groups in total. The normalized spacial score (nSPS) is 20.7. The van der Waals surface area contributed by atoms with E-state index in [1.54, 1.807) is 24.3 Å². The topological polar surface area (TPSA) is 85.3 Å². The summed E-state index contributed by atoms with van der Waals surface area (Å²) in [5.41, 5.74) is 0. The first-order valence-electron chi connectivity index (χ1n) is 6.87. The first kappa shape index (κ1) is 16.1.